The van der Waals surface area contributed by atoms with Crippen LogP contribution in [-0.2, 0) is 26.0 Å². The molecule has 0 heterocycles. The van der Waals surface area contributed by atoms with Crippen molar-refractivity contribution in [2.24, 2.45) is 5.92 Å². The molecule has 1 saturated carbocycles. The van der Waals surface area contributed by atoms with Crippen molar-refractivity contribution in [1.82, 2.24) is 0 Å². The highest BCUT2D eigenvalue weighted by molar-refractivity contribution is 7.85. The molecule has 164 valence electrons. The van der Waals surface area contributed by atoms with E-state index in [-0.39, 0.29) is 18.0 Å². The highest BCUT2D eigenvalue weighted by atomic mass is 32.2. The molecule has 12 heteroatoms. The molecule has 1 unspecified atom stereocenters. The lowest BCUT2D eigenvalue weighted by Crippen LogP contribution is -2.39. The van der Waals surface area contributed by atoms with Crippen molar-refractivity contribution < 1.29 is 45.2 Å². The minimum absolute atomic E-state index is 0.0590. The summed E-state index contributed by atoms with van der Waals surface area (Å²) in [7, 11) is 0.523. The molecule has 1 aromatic carbocycles. The van der Waals surface area contributed by atoms with Crippen LogP contribution < -0.4 is 4.74 Å². The first-order chi connectivity index (χ1) is 13.9. The molecule has 7 nitrogen and oxygen atoms in total. The number of hydrogen-bond acceptors (Lipinski definition) is 6. The zero-order valence-corrected chi connectivity index (χ0v) is 16.7. The van der Waals surface area contributed by atoms with Gasteiger partial charge in [0.05, 0.1) is 19.3 Å². The molecule has 0 spiro atoms. The van der Waals surface area contributed by atoms with Crippen LogP contribution in [0.1, 0.15) is 48.0 Å². The number of rotatable bonds is 7. The van der Waals surface area contributed by atoms with Gasteiger partial charge in [-0.1, -0.05) is 31.6 Å². The maximum Gasteiger partial charge on any atom is 0.426 e. The van der Waals surface area contributed by atoms with E-state index in [4.69, 9.17) is 17.1 Å². The Balaban J connectivity index is 2.21. The van der Waals surface area contributed by atoms with Crippen LogP contribution in [0.15, 0.2) is 18.2 Å². The van der Waals surface area contributed by atoms with Gasteiger partial charge in [-0.3, -0.25) is 9.35 Å². The Morgan fingerprint density at radius 3 is 2.37 bits per heavy atom. The van der Waals surface area contributed by atoms with E-state index in [1.54, 1.807) is 0 Å². The number of hydrogen-bond donors (Lipinski definition) is 1. The third-order valence-corrected chi connectivity index (χ3v) is 5.37. The highest BCUT2D eigenvalue weighted by Gasteiger charge is 2.45. The van der Waals surface area contributed by atoms with Crippen LogP contribution in [-0.4, -0.2) is 50.8 Å². The Morgan fingerprint density at radius 1 is 1.20 bits per heavy atom. The summed E-state index contributed by atoms with van der Waals surface area (Å²) in [6.07, 6.45) is -4.27. The van der Waals surface area contributed by atoms with Crippen LogP contribution in [0, 0.1) is 5.92 Å². The van der Waals surface area contributed by atoms with E-state index >= 15 is 0 Å². The summed E-state index contributed by atoms with van der Waals surface area (Å²) in [6.45, 7) is 0. The van der Waals surface area contributed by atoms with Gasteiger partial charge < -0.3 is 9.47 Å². The molecule has 2 rings (SSSR count). The van der Waals surface area contributed by atoms with Gasteiger partial charge in [0.15, 0.2) is 0 Å². The molecule has 0 amide bonds. The molecule has 1 N–H and O–H groups in total. The molecule has 1 fully saturated rings. The predicted molar refractivity (Wildman–Crippen MR) is 99.8 cm³/mol. The van der Waals surface area contributed by atoms with Gasteiger partial charge in [-0.15, -0.1) is 0 Å². The molecule has 30 heavy (non-hydrogen) atoms. The van der Waals surface area contributed by atoms with E-state index in [0.717, 1.165) is 31.4 Å². The summed E-state index contributed by atoms with van der Waals surface area (Å²) in [4.78, 5) is 24.5. The molecule has 1 aliphatic rings. The Morgan fingerprint density at radius 2 is 1.83 bits per heavy atom. The standard InChI is InChI=1S/C18H20BF3O7S/c19-9-13-7-6-12(8-14(13)28-16(23)11-4-2-1-3-5-11)17(24)29-15(18(20,21)22)10-30(25,26)27/h6-8,11,15H,1-5,9-10H2,(H,25,26,27). The minimum Gasteiger partial charge on any atom is -0.448 e. The topological polar surface area (TPSA) is 107 Å². The number of esters is 2. The first kappa shape index (κ1) is 24.2. The Hall–Kier alpha value is -2.08. The van der Waals surface area contributed by atoms with E-state index in [2.05, 4.69) is 4.74 Å². The van der Waals surface area contributed by atoms with Crippen molar-refractivity contribution in [3.8, 4) is 5.75 Å². The van der Waals surface area contributed by atoms with Gasteiger partial charge in [-0.05, 0) is 30.5 Å². The number of ether oxygens (including phenoxy) is 2. The summed E-state index contributed by atoms with van der Waals surface area (Å²) in [5.74, 6) is -4.26. The zero-order chi connectivity index (χ0) is 22.5. The quantitative estimate of drug-likeness (QED) is 0.296. The molecular weight excluding hydrogens is 428 g/mol. The van der Waals surface area contributed by atoms with Gasteiger partial charge in [-0.2, -0.15) is 21.6 Å². The number of alkyl halides is 3. The molecule has 0 saturated heterocycles. The summed E-state index contributed by atoms with van der Waals surface area (Å²) in [5, 5.41) is 0. The second-order valence-electron chi connectivity index (χ2n) is 6.97. The fourth-order valence-electron chi connectivity index (χ4n) is 3.06. The van der Waals surface area contributed by atoms with Crippen molar-refractivity contribution >= 4 is 29.9 Å². The second kappa shape index (κ2) is 9.82. The lowest BCUT2D eigenvalue weighted by Gasteiger charge is -2.21. The summed E-state index contributed by atoms with van der Waals surface area (Å²) in [6, 6.07) is 3.43. The van der Waals surface area contributed by atoms with Crippen molar-refractivity contribution in [3.05, 3.63) is 29.3 Å². The fourth-order valence-corrected chi connectivity index (χ4v) is 3.70. The fraction of sp³-hybridized carbons (Fsp3) is 0.556. The van der Waals surface area contributed by atoms with Gasteiger partial charge in [0.25, 0.3) is 10.1 Å². The summed E-state index contributed by atoms with van der Waals surface area (Å²) < 4.78 is 78.8. The van der Waals surface area contributed by atoms with E-state index in [0.29, 0.717) is 18.4 Å². The monoisotopic (exact) mass is 448 g/mol. The largest absolute Gasteiger partial charge is 0.448 e. The van der Waals surface area contributed by atoms with Crippen LogP contribution in [0.5, 0.6) is 5.75 Å². The SMILES string of the molecule is [B]Cc1ccc(C(=O)OC(CS(=O)(=O)O)C(F)(F)F)cc1OC(=O)C1CCCCC1. The molecule has 0 bridgehead atoms. The van der Waals surface area contributed by atoms with E-state index in [9.17, 15) is 31.2 Å². The maximum atomic E-state index is 13.0. The molecule has 1 atom stereocenters. The van der Waals surface area contributed by atoms with Crippen LogP contribution in [0.3, 0.4) is 0 Å². The third-order valence-electron chi connectivity index (χ3n) is 4.65. The predicted octanol–water partition coefficient (Wildman–Crippen LogP) is 2.82. The lowest BCUT2D eigenvalue weighted by atomic mass is 9.89. The number of benzene rings is 1. The Labute approximate surface area is 173 Å². The Bertz CT molecular complexity index is 880. The van der Waals surface area contributed by atoms with Gasteiger partial charge in [0.1, 0.15) is 11.5 Å². The van der Waals surface area contributed by atoms with Gasteiger partial charge in [0.2, 0.25) is 6.10 Å². The van der Waals surface area contributed by atoms with Gasteiger partial charge in [0, 0.05) is 0 Å². The van der Waals surface area contributed by atoms with Crippen molar-refractivity contribution in [2.45, 2.75) is 50.7 Å². The molecule has 0 aromatic heterocycles. The average Bonchev–Trinajstić information content (AvgIpc) is 2.66. The second-order valence-corrected chi connectivity index (χ2v) is 8.46. The molecule has 1 aromatic rings. The van der Waals surface area contributed by atoms with E-state index in [1.807, 2.05) is 0 Å². The molecule has 2 radical (unpaired) electrons. The van der Waals surface area contributed by atoms with E-state index in [1.165, 1.54) is 6.07 Å². The molecule has 1 aliphatic carbocycles. The summed E-state index contributed by atoms with van der Waals surface area (Å²) in [5.41, 5.74) is -0.0516. The van der Waals surface area contributed by atoms with Crippen LogP contribution in [0.4, 0.5) is 13.2 Å². The maximum absolute atomic E-state index is 13.0. The number of carbonyl (C=O) groups excluding carboxylic acids is 2. The third kappa shape index (κ3) is 7.01. The van der Waals surface area contributed by atoms with Crippen molar-refractivity contribution in [3.63, 3.8) is 0 Å². The minimum atomic E-state index is -5.22. The van der Waals surface area contributed by atoms with Crippen LogP contribution in [0.2, 0.25) is 0 Å². The van der Waals surface area contributed by atoms with Crippen molar-refractivity contribution in [2.75, 3.05) is 5.75 Å². The van der Waals surface area contributed by atoms with Gasteiger partial charge in [-0.25, -0.2) is 4.79 Å². The normalized spacial score (nSPS) is 16.7. The van der Waals surface area contributed by atoms with Gasteiger partial charge >= 0.3 is 18.1 Å². The van der Waals surface area contributed by atoms with E-state index < -0.39 is 45.7 Å². The lowest BCUT2D eigenvalue weighted by molar-refractivity contribution is -0.197. The first-order valence-electron chi connectivity index (χ1n) is 9.18. The average molecular weight is 448 g/mol. The Kier molecular flexibility index (Phi) is 7.92. The van der Waals surface area contributed by atoms with Crippen LogP contribution >= 0.6 is 0 Å². The van der Waals surface area contributed by atoms with Crippen LogP contribution in [0.25, 0.3) is 0 Å². The zero-order valence-electron chi connectivity index (χ0n) is 15.9. The number of carbonyl (C=O) groups is 2. The summed E-state index contributed by atoms with van der Waals surface area (Å²) >= 11 is 0. The first-order valence-corrected chi connectivity index (χ1v) is 10.8. The number of halogens is 3. The molecule has 0 aliphatic heterocycles. The smallest absolute Gasteiger partial charge is 0.426 e. The van der Waals surface area contributed by atoms with Crippen molar-refractivity contribution in [1.29, 1.82) is 0 Å². The molecular formula is C18H20BF3O7S. The highest BCUT2D eigenvalue weighted by Crippen LogP contribution is 2.29.